The van der Waals surface area contributed by atoms with Gasteiger partial charge in [0.15, 0.2) is 0 Å². The van der Waals surface area contributed by atoms with Crippen LogP contribution in [0.1, 0.15) is 23.2 Å². The largest absolute Gasteiger partial charge is 0.352 e. The number of halogens is 2. The molecule has 1 aliphatic heterocycles. The lowest BCUT2D eigenvalue weighted by molar-refractivity contribution is 0.0946. The molecule has 98 valence electrons. The van der Waals surface area contributed by atoms with Crippen LogP contribution >= 0.6 is 39.3 Å². The van der Waals surface area contributed by atoms with E-state index in [1.807, 2.05) is 11.8 Å². The molecule has 0 radical (unpaired) electrons. The standard InChI is InChI=1S/C13H15BrClNOS/c14-11-5-10(6-12(15)7-11)13(17)16-8-9-1-3-18-4-2-9/h5-7,9H,1-4,8H2,(H,16,17). The van der Waals surface area contributed by atoms with Crippen LogP contribution in [0.15, 0.2) is 22.7 Å². The van der Waals surface area contributed by atoms with E-state index in [0.29, 0.717) is 16.5 Å². The van der Waals surface area contributed by atoms with Gasteiger partial charge >= 0.3 is 0 Å². The fourth-order valence-electron chi connectivity index (χ4n) is 1.97. The first-order valence-corrected chi connectivity index (χ1v) is 8.30. The predicted octanol–water partition coefficient (Wildman–Crippen LogP) is 3.98. The van der Waals surface area contributed by atoms with E-state index in [1.54, 1.807) is 18.2 Å². The molecule has 1 heterocycles. The third kappa shape index (κ3) is 4.18. The van der Waals surface area contributed by atoms with Gasteiger partial charge in [-0.1, -0.05) is 27.5 Å². The van der Waals surface area contributed by atoms with Crippen molar-refractivity contribution in [3.05, 3.63) is 33.3 Å². The molecule has 1 fully saturated rings. The maximum Gasteiger partial charge on any atom is 0.251 e. The second-order valence-corrected chi connectivity index (χ2v) is 7.00. The summed E-state index contributed by atoms with van der Waals surface area (Å²) in [6.07, 6.45) is 2.40. The van der Waals surface area contributed by atoms with Crippen molar-refractivity contribution >= 4 is 45.2 Å². The van der Waals surface area contributed by atoms with Crippen molar-refractivity contribution in [1.29, 1.82) is 0 Å². The minimum atomic E-state index is -0.0450. The average Bonchev–Trinajstić information content (AvgIpc) is 2.36. The molecule has 0 atom stereocenters. The summed E-state index contributed by atoms with van der Waals surface area (Å²) in [6, 6.07) is 5.26. The van der Waals surface area contributed by atoms with Gasteiger partial charge in [-0.05, 0) is 48.5 Å². The smallest absolute Gasteiger partial charge is 0.251 e. The van der Waals surface area contributed by atoms with E-state index >= 15 is 0 Å². The van der Waals surface area contributed by atoms with Gasteiger partial charge in [-0.3, -0.25) is 4.79 Å². The number of carbonyl (C=O) groups excluding carboxylic acids is 1. The number of thioether (sulfide) groups is 1. The van der Waals surface area contributed by atoms with E-state index in [2.05, 4.69) is 21.2 Å². The predicted molar refractivity (Wildman–Crippen MR) is 81.5 cm³/mol. The van der Waals surface area contributed by atoms with Crippen molar-refractivity contribution in [2.24, 2.45) is 5.92 Å². The first-order valence-electron chi connectivity index (χ1n) is 5.97. The van der Waals surface area contributed by atoms with Crippen LogP contribution in [0, 0.1) is 5.92 Å². The van der Waals surface area contributed by atoms with Gasteiger partial charge in [0.05, 0.1) is 0 Å². The fourth-order valence-corrected chi connectivity index (χ4v) is 4.04. The normalized spacial score (nSPS) is 16.6. The summed E-state index contributed by atoms with van der Waals surface area (Å²) in [7, 11) is 0. The molecule has 18 heavy (non-hydrogen) atoms. The molecule has 1 aromatic carbocycles. The van der Waals surface area contributed by atoms with Crippen molar-refractivity contribution in [2.45, 2.75) is 12.8 Å². The van der Waals surface area contributed by atoms with Gasteiger partial charge < -0.3 is 5.32 Å². The van der Waals surface area contributed by atoms with Gasteiger partial charge in [-0.2, -0.15) is 11.8 Å². The highest BCUT2D eigenvalue weighted by Gasteiger charge is 2.15. The van der Waals surface area contributed by atoms with E-state index in [1.165, 1.54) is 24.3 Å². The molecular formula is C13H15BrClNOS. The molecule has 2 nitrogen and oxygen atoms in total. The molecule has 0 bridgehead atoms. The Labute approximate surface area is 125 Å². The van der Waals surface area contributed by atoms with Crippen LogP contribution in [0.2, 0.25) is 5.02 Å². The first kappa shape index (κ1) is 14.2. The van der Waals surface area contributed by atoms with Crippen molar-refractivity contribution < 1.29 is 4.79 Å². The van der Waals surface area contributed by atoms with Gasteiger partial charge in [0.25, 0.3) is 5.91 Å². The molecule has 0 spiro atoms. The van der Waals surface area contributed by atoms with Gasteiger partial charge in [0, 0.05) is 21.6 Å². The molecule has 1 saturated heterocycles. The van der Waals surface area contributed by atoms with Gasteiger partial charge in [0.2, 0.25) is 0 Å². The van der Waals surface area contributed by atoms with Crippen LogP contribution in [-0.4, -0.2) is 24.0 Å². The maximum atomic E-state index is 12.0. The van der Waals surface area contributed by atoms with Crippen molar-refractivity contribution in [3.63, 3.8) is 0 Å². The summed E-state index contributed by atoms with van der Waals surface area (Å²) in [6.45, 7) is 0.767. The summed E-state index contributed by atoms with van der Waals surface area (Å²) < 4.78 is 0.828. The highest BCUT2D eigenvalue weighted by atomic mass is 79.9. The molecule has 2 rings (SSSR count). The molecule has 5 heteroatoms. The Kier molecular flexibility index (Phi) is 5.39. The van der Waals surface area contributed by atoms with Gasteiger partial charge in [-0.25, -0.2) is 0 Å². The second kappa shape index (κ2) is 6.83. The molecule has 0 aromatic heterocycles. The third-order valence-electron chi connectivity index (χ3n) is 3.02. The van der Waals surface area contributed by atoms with Crippen LogP contribution in [0.3, 0.4) is 0 Å². The van der Waals surface area contributed by atoms with E-state index in [-0.39, 0.29) is 5.91 Å². The third-order valence-corrected chi connectivity index (χ3v) is 4.74. The monoisotopic (exact) mass is 347 g/mol. The number of amides is 1. The average molecular weight is 349 g/mol. The minimum absolute atomic E-state index is 0.0450. The highest BCUT2D eigenvalue weighted by molar-refractivity contribution is 9.10. The van der Waals surface area contributed by atoms with Crippen LogP contribution in [-0.2, 0) is 0 Å². The van der Waals surface area contributed by atoms with Crippen molar-refractivity contribution in [3.8, 4) is 0 Å². The number of hydrogen-bond acceptors (Lipinski definition) is 2. The van der Waals surface area contributed by atoms with E-state index in [9.17, 15) is 4.79 Å². The molecule has 0 unspecified atom stereocenters. The van der Waals surface area contributed by atoms with E-state index < -0.39 is 0 Å². The number of rotatable bonds is 3. The Hall–Kier alpha value is -0.190. The van der Waals surface area contributed by atoms with Gasteiger partial charge in [0.1, 0.15) is 0 Å². The van der Waals surface area contributed by atoms with Crippen LogP contribution in [0.5, 0.6) is 0 Å². The lowest BCUT2D eigenvalue weighted by Crippen LogP contribution is -2.30. The quantitative estimate of drug-likeness (QED) is 0.895. The minimum Gasteiger partial charge on any atom is -0.352 e. The maximum absolute atomic E-state index is 12.0. The molecule has 1 aliphatic rings. The van der Waals surface area contributed by atoms with Crippen molar-refractivity contribution in [1.82, 2.24) is 5.32 Å². The Morgan fingerprint density at radius 2 is 2.11 bits per heavy atom. The summed E-state index contributed by atoms with van der Waals surface area (Å²) in [5.74, 6) is 3.00. The lowest BCUT2D eigenvalue weighted by Gasteiger charge is -2.21. The van der Waals surface area contributed by atoms with Crippen LogP contribution in [0.4, 0.5) is 0 Å². The summed E-state index contributed by atoms with van der Waals surface area (Å²) >= 11 is 11.3. The Balaban J connectivity index is 1.90. The zero-order chi connectivity index (χ0) is 13.0. The fraction of sp³-hybridized carbons (Fsp3) is 0.462. The Bertz CT molecular complexity index is 415. The molecule has 1 aromatic rings. The number of carbonyl (C=O) groups is 1. The Morgan fingerprint density at radius 3 is 2.78 bits per heavy atom. The molecule has 1 amide bonds. The summed E-state index contributed by atoms with van der Waals surface area (Å²) in [5.41, 5.74) is 0.611. The highest BCUT2D eigenvalue weighted by Crippen LogP contribution is 2.22. The molecule has 1 N–H and O–H groups in total. The number of hydrogen-bond donors (Lipinski definition) is 1. The molecule has 0 aliphatic carbocycles. The van der Waals surface area contributed by atoms with Crippen LogP contribution < -0.4 is 5.32 Å². The summed E-state index contributed by atoms with van der Waals surface area (Å²) in [4.78, 5) is 12.0. The number of nitrogens with one attached hydrogen (secondary N) is 1. The van der Waals surface area contributed by atoms with Crippen molar-refractivity contribution in [2.75, 3.05) is 18.1 Å². The van der Waals surface area contributed by atoms with Crippen LogP contribution in [0.25, 0.3) is 0 Å². The SMILES string of the molecule is O=C(NCC1CCSCC1)c1cc(Cl)cc(Br)c1. The lowest BCUT2D eigenvalue weighted by atomic mass is 10.0. The molecule has 0 saturated carbocycles. The summed E-state index contributed by atoms with van der Waals surface area (Å²) in [5, 5.41) is 3.57. The second-order valence-electron chi connectivity index (χ2n) is 4.42. The Morgan fingerprint density at radius 1 is 1.39 bits per heavy atom. The first-order chi connectivity index (χ1) is 8.65. The van der Waals surface area contributed by atoms with E-state index in [4.69, 9.17) is 11.6 Å². The number of benzene rings is 1. The van der Waals surface area contributed by atoms with Gasteiger partial charge in [-0.15, -0.1) is 0 Å². The molecular weight excluding hydrogens is 334 g/mol. The zero-order valence-electron chi connectivity index (χ0n) is 9.92. The topological polar surface area (TPSA) is 29.1 Å². The zero-order valence-corrected chi connectivity index (χ0v) is 13.1. The van der Waals surface area contributed by atoms with E-state index in [0.717, 1.165) is 11.0 Å².